The van der Waals surface area contributed by atoms with E-state index in [1.165, 1.54) is 7.11 Å². The Morgan fingerprint density at radius 2 is 1.91 bits per heavy atom. The van der Waals surface area contributed by atoms with Crippen LogP contribution in [0.5, 0.6) is 5.75 Å². The number of H-pyrrole nitrogens is 1. The number of fused-ring (bicyclic) bond motifs is 1. The Hall–Kier alpha value is -2.75. The zero-order valence-electron chi connectivity index (χ0n) is 12.3. The van der Waals surface area contributed by atoms with Gasteiger partial charge in [0.2, 0.25) is 0 Å². The molecule has 0 aliphatic rings. The molecule has 0 saturated carbocycles. The van der Waals surface area contributed by atoms with E-state index in [9.17, 15) is 4.79 Å². The predicted molar refractivity (Wildman–Crippen MR) is 84.8 cm³/mol. The van der Waals surface area contributed by atoms with Crippen LogP contribution < -0.4 is 4.74 Å². The Balaban J connectivity index is 1.88. The first kappa shape index (κ1) is 14.2. The Kier molecular flexibility index (Phi) is 4.10. The summed E-state index contributed by atoms with van der Waals surface area (Å²) in [5, 5.41) is 0.934. The molecule has 0 spiro atoms. The van der Waals surface area contributed by atoms with Gasteiger partial charge in [0, 0.05) is 17.1 Å². The Bertz CT molecular complexity index is 777. The van der Waals surface area contributed by atoms with Gasteiger partial charge in [0.15, 0.2) is 0 Å². The molecule has 0 radical (unpaired) electrons. The third-order valence-electron chi connectivity index (χ3n) is 3.55. The molecule has 0 aliphatic carbocycles. The number of carbonyl (C=O) groups excluding carboxylic acids is 1. The maximum absolute atomic E-state index is 11.5. The first-order chi connectivity index (χ1) is 10.8. The van der Waals surface area contributed by atoms with E-state index in [0.29, 0.717) is 6.61 Å². The summed E-state index contributed by atoms with van der Waals surface area (Å²) in [4.78, 5) is 14.7. The normalized spacial score (nSPS) is 10.6. The van der Waals surface area contributed by atoms with Gasteiger partial charge in [0.25, 0.3) is 0 Å². The maximum atomic E-state index is 11.5. The second kappa shape index (κ2) is 6.35. The lowest BCUT2D eigenvalue weighted by atomic mass is 10.1. The predicted octanol–water partition coefficient (Wildman–Crippen LogP) is 3.46. The number of aromatic amines is 1. The van der Waals surface area contributed by atoms with Crippen molar-refractivity contribution >= 4 is 16.9 Å². The van der Waals surface area contributed by atoms with Crippen molar-refractivity contribution in [2.45, 2.75) is 13.0 Å². The Morgan fingerprint density at radius 3 is 2.68 bits per heavy atom. The number of aromatic nitrogens is 1. The van der Waals surface area contributed by atoms with Crippen LogP contribution in [0.1, 0.15) is 11.1 Å². The number of hydrogen-bond acceptors (Lipinski definition) is 3. The van der Waals surface area contributed by atoms with E-state index in [0.717, 1.165) is 27.8 Å². The number of esters is 1. The zero-order chi connectivity index (χ0) is 15.4. The van der Waals surface area contributed by atoms with Crippen LogP contribution in [0, 0.1) is 0 Å². The second-order valence-corrected chi connectivity index (χ2v) is 5.02. The lowest BCUT2D eigenvalue weighted by Crippen LogP contribution is -2.04. The van der Waals surface area contributed by atoms with Gasteiger partial charge < -0.3 is 14.5 Å². The molecule has 0 saturated heterocycles. The average Bonchev–Trinajstić information content (AvgIpc) is 2.97. The summed E-state index contributed by atoms with van der Waals surface area (Å²) in [6.07, 6.45) is 2.05. The van der Waals surface area contributed by atoms with Gasteiger partial charge in [-0.15, -0.1) is 0 Å². The van der Waals surface area contributed by atoms with Crippen molar-refractivity contribution in [1.29, 1.82) is 0 Å². The van der Waals surface area contributed by atoms with Gasteiger partial charge in [-0.05, 0) is 23.3 Å². The van der Waals surface area contributed by atoms with E-state index in [4.69, 9.17) is 9.47 Å². The lowest BCUT2D eigenvalue weighted by Gasteiger charge is -2.09. The Labute approximate surface area is 128 Å². The molecule has 0 atom stereocenters. The number of methoxy groups -OCH3 is 1. The summed E-state index contributed by atoms with van der Waals surface area (Å²) < 4.78 is 10.7. The van der Waals surface area contributed by atoms with Gasteiger partial charge in [-0.25, -0.2) is 0 Å². The largest absolute Gasteiger partial charge is 0.488 e. The molecule has 3 aromatic rings. The minimum Gasteiger partial charge on any atom is -0.488 e. The number of rotatable bonds is 5. The molecule has 1 aromatic heterocycles. The monoisotopic (exact) mass is 295 g/mol. The summed E-state index contributed by atoms with van der Waals surface area (Å²) in [6.45, 7) is 0.489. The summed E-state index contributed by atoms with van der Waals surface area (Å²) in [5.74, 6) is 0.500. The highest BCUT2D eigenvalue weighted by Crippen LogP contribution is 2.29. The second-order valence-electron chi connectivity index (χ2n) is 5.02. The van der Waals surface area contributed by atoms with E-state index in [1.54, 1.807) is 0 Å². The van der Waals surface area contributed by atoms with Crippen molar-refractivity contribution in [2.75, 3.05) is 7.11 Å². The fraction of sp³-hybridized carbons (Fsp3) is 0.167. The van der Waals surface area contributed by atoms with E-state index < -0.39 is 0 Å². The average molecular weight is 295 g/mol. The summed E-state index contributed by atoms with van der Waals surface area (Å²) in [7, 11) is 1.39. The van der Waals surface area contributed by atoms with E-state index in [1.807, 2.05) is 54.7 Å². The Morgan fingerprint density at radius 1 is 1.09 bits per heavy atom. The van der Waals surface area contributed by atoms with Crippen molar-refractivity contribution in [1.82, 2.24) is 4.98 Å². The highest BCUT2D eigenvalue weighted by Gasteiger charge is 2.13. The quantitative estimate of drug-likeness (QED) is 0.733. The topological polar surface area (TPSA) is 51.3 Å². The fourth-order valence-electron chi connectivity index (χ4n) is 2.44. The van der Waals surface area contributed by atoms with Gasteiger partial charge in [-0.3, -0.25) is 4.79 Å². The molecule has 4 heteroatoms. The first-order valence-corrected chi connectivity index (χ1v) is 7.10. The molecule has 2 aromatic carbocycles. The smallest absolute Gasteiger partial charge is 0.310 e. The van der Waals surface area contributed by atoms with E-state index in [2.05, 4.69) is 4.98 Å². The van der Waals surface area contributed by atoms with Crippen LogP contribution in [-0.2, 0) is 22.6 Å². The van der Waals surface area contributed by atoms with Gasteiger partial charge in [-0.1, -0.05) is 36.4 Å². The first-order valence-electron chi connectivity index (χ1n) is 7.10. The van der Waals surface area contributed by atoms with E-state index in [-0.39, 0.29) is 12.4 Å². The lowest BCUT2D eigenvalue weighted by molar-refractivity contribution is -0.139. The molecule has 0 fully saturated rings. The fourth-order valence-corrected chi connectivity index (χ4v) is 2.44. The molecule has 0 unspecified atom stereocenters. The van der Waals surface area contributed by atoms with Gasteiger partial charge in [0.1, 0.15) is 12.4 Å². The standard InChI is InChI=1S/C18H17NO3/c1-21-17(20)10-14-11-19-15-8-5-9-16(18(14)15)22-12-13-6-3-2-4-7-13/h2-9,11,19H,10,12H2,1H3. The molecular formula is C18H17NO3. The number of benzene rings is 2. The molecule has 22 heavy (non-hydrogen) atoms. The van der Waals surface area contributed by atoms with Crippen LogP contribution in [0.3, 0.4) is 0 Å². The number of ether oxygens (including phenoxy) is 2. The van der Waals surface area contributed by atoms with Crippen LogP contribution >= 0.6 is 0 Å². The SMILES string of the molecule is COC(=O)Cc1c[nH]c2cccc(OCc3ccccc3)c12. The maximum Gasteiger partial charge on any atom is 0.310 e. The highest BCUT2D eigenvalue weighted by atomic mass is 16.5. The van der Waals surface area contributed by atoms with E-state index >= 15 is 0 Å². The van der Waals surface area contributed by atoms with Crippen LogP contribution in [0.2, 0.25) is 0 Å². The van der Waals surface area contributed by atoms with Crippen molar-refractivity contribution < 1.29 is 14.3 Å². The molecule has 0 bridgehead atoms. The summed E-state index contributed by atoms with van der Waals surface area (Å²) in [6, 6.07) is 15.8. The van der Waals surface area contributed by atoms with Gasteiger partial charge in [-0.2, -0.15) is 0 Å². The molecular weight excluding hydrogens is 278 g/mol. The van der Waals surface area contributed by atoms with Crippen molar-refractivity contribution in [2.24, 2.45) is 0 Å². The van der Waals surface area contributed by atoms with Crippen LogP contribution in [0.4, 0.5) is 0 Å². The molecule has 4 nitrogen and oxygen atoms in total. The molecule has 112 valence electrons. The van der Waals surface area contributed by atoms with Crippen molar-refractivity contribution in [3.8, 4) is 5.75 Å². The number of carbonyl (C=O) groups is 1. The number of nitrogens with one attached hydrogen (secondary N) is 1. The third kappa shape index (κ3) is 2.96. The van der Waals surface area contributed by atoms with Crippen molar-refractivity contribution in [3.05, 3.63) is 65.9 Å². The summed E-state index contributed by atoms with van der Waals surface area (Å²) in [5.41, 5.74) is 2.93. The molecule has 3 rings (SSSR count). The van der Waals surface area contributed by atoms with Crippen LogP contribution in [-0.4, -0.2) is 18.1 Å². The minimum absolute atomic E-state index is 0.224. The summed E-state index contributed by atoms with van der Waals surface area (Å²) >= 11 is 0. The molecule has 1 N–H and O–H groups in total. The molecule has 0 aliphatic heterocycles. The highest BCUT2D eigenvalue weighted by molar-refractivity contribution is 5.92. The van der Waals surface area contributed by atoms with Gasteiger partial charge >= 0.3 is 5.97 Å². The molecule has 0 amide bonds. The zero-order valence-corrected chi connectivity index (χ0v) is 12.3. The van der Waals surface area contributed by atoms with Gasteiger partial charge in [0.05, 0.1) is 13.5 Å². The molecule has 1 heterocycles. The minimum atomic E-state index is -0.265. The number of hydrogen-bond donors (Lipinski definition) is 1. The third-order valence-corrected chi connectivity index (χ3v) is 3.55. The van der Waals surface area contributed by atoms with Crippen LogP contribution in [0.15, 0.2) is 54.7 Å². The van der Waals surface area contributed by atoms with Crippen molar-refractivity contribution in [3.63, 3.8) is 0 Å². The van der Waals surface area contributed by atoms with Crippen LogP contribution in [0.25, 0.3) is 10.9 Å².